The number of benzene rings is 1. The van der Waals surface area contributed by atoms with Crippen LogP contribution in [0.2, 0.25) is 0 Å². The van der Waals surface area contributed by atoms with Crippen molar-refractivity contribution in [3.05, 3.63) is 35.7 Å². The average molecular weight is 467 g/mol. The van der Waals surface area contributed by atoms with Gasteiger partial charge in [0.25, 0.3) is 5.91 Å². The van der Waals surface area contributed by atoms with Gasteiger partial charge in [0.05, 0.1) is 12.8 Å². The van der Waals surface area contributed by atoms with E-state index < -0.39 is 0 Å². The maximum absolute atomic E-state index is 12.9. The van der Waals surface area contributed by atoms with Crippen LogP contribution in [0.25, 0.3) is 0 Å². The highest BCUT2D eigenvalue weighted by Gasteiger charge is 2.29. The average Bonchev–Trinajstić information content (AvgIpc) is 3.04. The number of amides is 1. The summed E-state index contributed by atoms with van der Waals surface area (Å²) in [6.07, 6.45) is 7.51. The van der Waals surface area contributed by atoms with E-state index in [1.165, 1.54) is 19.3 Å². The summed E-state index contributed by atoms with van der Waals surface area (Å²) in [6.45, 7) is 5.35. The lowest BCUT2D eigenvalue weighted by molar-refractivity contribution is -0.133. The van der Waals surface area contributed by atoms with Gasteiger partial charge in [0.2, 0.25) is 5.95 Å². The lowest BCUT2D eigenvalue weighted by Gasteiger charge is -2.43. The molecule has 2 aliphatic heterocycles. The number of nitrogens with two attached hydrogens (primary N) is 1. The zero-order chi connectivity index (χ0) is 23.5. The van der Waals surface area contributed by atoms with Crippen LogP contribution in [0.5, 0.6) is 11.5 Å². The topological polar surface area (TPSA) is 97.0 Å². The van der Waals surface area contributed by atoms with Crippen LogP contribution in [0.4, 0.5) is 11.6 Å². The Hall–Kier alpha value is -3.07. The minimum absolute atomic E-state index is 0.0428. The molecule has 1 saturated carbocycles. The maximum atomic E-state index is 12.9. The van der Waals surface area contributed by atoms with Gasteiger partial charge in [0.15, 0.2) is 18.1 Å². The number of nitrogen functional groups attached to an aromatic ring is 1. The van der Waals surface area contributed by atoms with Crippen molar-refractivity contribution in [2.75, 3.05) is 63.6 Å². The van der Waals surface area contributed by atoms with Crippen LogP contribution in [0.3, 0.4) is 0 Å². The van der Waals surface area contributed by atoms with Crippen molar-refractivity contribution < 1.29 is 14.3 Å². The van der Waals surface area contributed by atoms with E-state index in [4.69, 9.17) is 20.2 Å². The van der Waals surface area contributed by atoms with Gasteiger partial charge in [0, 0.05) is 69.7 Å². The second kappa shape index (κ2) is 10.0. The molecule has 1 amide bonds. The van der Waals surface area contributed by atoms with Gasteiger partial charge in [-0.1, -0.05) is 6.42 Å². The molecule has 9 heteroatoms. The molecule has 1 saturated heterocycles. The van der Waals surface area contributed by atoms with E-state index in [-0.39, 0.29) is 12.5 Å². The van der Waals surface area contributed by atoms with Gasteiger partial charge in [-0.15, -0.1) is 0 Å². The van der Waals surface area contributed by atoms with Gasteiger partial charge < -0.3 is 25.0 Å². The molecule has 9 nitrogen and oxygen atoms in total. The number of aromatic nitrogens is 2. The van der Waals surface area contributed by atoms with Crippen molar-refractivity contribution >= 4 is 17.5 Å². The summed E-state index contributed by atoms with van der Waals surface area (Å²) in [5.41, 5.74) is 8.57. The van der Waals surface area contributed by atoms with Gasteiger partial charge in [-0.3, -0.25) is 9.69 Å². The summed E-state index contributed by atoms with van der Waals surface area (Å²) < 4.78 is 11.0. The first-order valence-electron chi connectivity index (χ1n) is 12.3. The van der Waals surface area contributed by atoms with Crippen molar-refractivity contribution in [3.63, 3.8) is 0 Å². The van der Waals surface area contributed by atoms with E-state index in [0.29, 0.717) is 30.3 Å². The molecule has 34 heavy (non-hydrogen) atoms. The molecule has 0 spiro atoms. The highest BCUT2D eigenvalue weighted by atomic mass is 16.5. The SMILES string of the molecule is COc1cc(N)ccc1OCC(=O)N1CCc2cnc(N3CCN(C4CCC4)CC3)nc2CC1. The molecule has 0 atom stereocenters. The Kier molecular flexibility index (Phi) is 6.71. The third kappa shape index (κ3) is 4.89. The molecule has 0 unspecified atom stereocenters. The third-order valence-electron chi connectivity index (χ3n) is 7.29. The number of fused-ring (bicyclic) bond motifs is 1. The fourth-order valence-electron chi connectivity index (χ4n) is 4.94. The summed E-state index contributed by atoms with van der Waals surface area (Å²) in [4.78, 5) is 29.2. The molecule has 1 aromatic heterocycles. The van der Waals surface area contributed by atoms with Crippen molar-refractivity contribution in [2.24, 2.45) is 0 Å². The summed E-state index contributed by atoms with van der Waals surface area (Å²) >= 11 is 0. The monoisotopic (exact) mass is 466 g/mol. The Bertz CT molecular complexity index is 1020. The largest absolute Gasteiger partial charge is 0.493 e. The Morgan fingerprint density at radius 2 is 1.88 bits per heavy atom. The van der Waals surface area contributed by atoms with E-state index in [2.05, 4.69) is 14.8 Å². The van der Waals surface area contributed by atoms with Crippen molar-refractivity contribution in [3.8, 4) is 11.5 Å². The minimum atomic E-state index is -0.0491. The van der Waals surface area contributed by atoms with Gasteiger partial charge in [0.1, 0.15) is 0 Å². The predicted octanol–water partition coefficient (Wildman–Crippen LogP) is 1.75. The number of piperazine rings is 1. The number of ether oxygens (including phenoxy) is 2. The number of hydrogen-bond donors (Lipinski definition) is 1. The lowest BCUT2D eigenvalue weighted by atomic mass is 9.91. The Morgan fingerprint density at radius 3 is 2.62 bits per heavy atom. The molecule has 0 radical (unpaired) electrons. The number of carbonyl (C=O) groups excluding carboxylic acids is 1. The highest BCUT2D eigenvalue weighted by Crippen LogP contribution is 2.29. The molecule has 2 N–H and O–H groups in total. The van der Waals surface area contributed by atoms with Gasteiger partial charge >= 0.3 is 0 Å². The first kappa shape index (κ1) is 22.7. The van der Waals surface area contributed by atoms with Crippen LogP contribution in [0.1, 0.15) is 30.5 Å². The standard InChI is InChI=1S/C25H34N6O3/c1-33-23-15-19(26)5-6-22(23)34-17-24(32)30-9-7-18-16-27-25(28-21(18)8-10-30)31-13-11-29(12-14-31)20-3-2-4-20/h5-6,15-16,20H,2-4,7-14,17,26H2,1H3. The molecule has 5 rings (SSSR count). The van der Waals surface area contributed by atoms with E-state index in [9.17, 15) is 4.79 Å². The van der Waals surface area contributed by atoms with Crippen molar-refractivity contribution in [1.82, 2.24) is 19.8 Å². The number of carbonyl (C=O) groups is 1. The Labute approximate surface area is 200 Å². The molecule has 2 aromatic rings. The molecule has 2 fully saturated rings. The van der Waals surface area contributed by atoms with Gasteiger partial charge in [-0.25, -0.2) is 9.97 Å². The third-order valence-corrected chi connectivity index (χ3v) is 7.29. The van der Waals surface area contributed by atoms with E-state index in [1.807, 2.05) is 11.1 Å². The lowest BCUT2D eigenvalue weighted by Crippen LogP contribution is -2.52. The molecule has 1 aromatic carbocycles. The van der Waals surface area contributed by atoms with Crippen LogP contribution in [-0.2, 0) is 17.6 Å². The quantitative estimate of drug-likeness (QED) is 0.643. The second-order valence-corrected chi connectivity index (χ2v) is 9.33. The molecule has 0 bridgehead atoms. The fraction of sp³-hybridized carbons (Fsp3) is 0.560. The van der Waals surface area contributed by atoms with Crippen molar-refractivity contribution in [1.29, 1.82) is 0 Å². The minimum Gasteiger partial charge on any atom is -0.493 e. The highest BCUT2D eigenvalue weighted by molar-refractivity contribution is 5.78. The normalized spacial score (nSPS) is 19.2. The van der Waals surface area contributed by atoms with Crippen LogP contribution < -0.4 is 20.1 Å². The van der Waals surface area contributed by atoms with Crippen LogP contribution in [0, 0.1) is 0 Å². The summed E-state index contributed by atoms with van der Waals surface area (Å²) in [5.74, 6) is 1.81. The smallest absolute Gasteiger partial charge is 0.260 e. The van der Waals surface area contributed by atoms with Gasteiger partial charge in [-0.05, 0) is 37.0 Å². The first-order valence-corrected chi connectivity index (χ1v) is 12.3. The fourth-order valence-corrected chi connectivity index (χ4v) is 4.94. The van der Waals surface area contributed by atoms with Gasteiger partial charge in [-0.2, -0.15) is 0 Å². The molecular formula is C25H34N6O3. The number of methoxy groups -OCH3 is 1. The Balaban J connectivity index is 1.16. The summed E-state index contributed by atoms with van der Waals surface area (Å²) in [7, 11) is 1.55. The van der Waals surface area contributed by atoms with Crippen LogP contribution >= 0.6 is 0 Å². The van der Waals surface area contributed by atoms with E-state index >= 15 is 0 Å². The second-order valence-electron chi connectivity index (χ2n) is 9.33. The zero-order valence-corrected chi connectivity index (χ0v) is 19.9. The summed E-state index contributed by atoms with van der Waals surface area (Å²) in [6, 6.07) is 5.94. The maximum Gasteiger partial charge on any atom is 0.260 e. The molecule has 3 heterocycles. The van der Waals surface area contributed by atoms with Crippen LogP contribution in [-0.4, -0.2) is 84.7 Å². The molecule has 1 aliphatic carbocycles. The number of anilines is 2. The van der Waals surface area contributed by atoms with E-state index in [0.717, 1.165) is 62.3 Å². The van der Waals surface area contributed by atoms with Crippen molar-refractivity contribution in [2.45, 2.75) is 38.1 Å². The number of hydrogen-bond acceptors (Lipinski definition) is 8. The zero-order valence-electron chi connectivity index (χ0n) is 19.9. The first-order chi connectivity index (χ1) is 16.6. The molecular weight excluding hydrogens is 432 g/mol. The Morgan fingerprint density at radius 1 is 1.09 bits per heavy atom. The number of rotatable bonds is 6. The summed E-state index contributed by atoms with van der Waals surface area (Å²) in [5, 5.41) is 0. The predicted molar refractivity (Wildman–Crippen MR) is 130 cm³/mol. The van der Waals surface area contributed by atoms with E-state index in [1.54, 1.807) is 25.3 Å². The number of nitrogens with zero attached hydrogens (tertiary/aromatic N) is 5. The molecule has 3 aliphatic rings. The molecule has 182 valence electrons. The van der Waals surface area contributed by atoms with Crippen LogP contribution in [0.15, 0.2) is 24.4 Å².